The van der Waals surface area contributed by atoms with Crippen LogP contribution in [0.1, 0.15) is 6.92 Å². The maximum atomic E-state index is 12.7. The van der Waals surface area contributed by atoms with E-state index < -0.39 is 46.9 Å². The Morgan fingerprint density at radius 3 is 2.40 bits per heavy atom. The molecule has 0 aliphatic carbocycles. The highest BCUT2D eigenvalue weighted by Crippen LogP contribution is 2.45. The number of hydrogen-bond donors (Lipinski definition) is 2. The third-order valence-corrected chi connectivity index (χ3v) is 5.30. The van der Waals surface area contributed by atoms with Crippen molar-refractivity contribution in [3.63, 3.8) is 0 Å². The minimum atomic E-state index is -4.24. The Labute approximate surface area is 143 Å². The van der Waals surface area contributed by atoms with Crippen molar-refractivity contribution in [2.24, 2.45) is 0 Å². The highest BCUT2D eigenvalue weighted by Gasteiger charge is 2.31. The van der Waals surface area contributed by atoms with Crippen LogP contribution < -0.4 is 9.61 Å². The van der Waals surface area contributed by atoms with Crippen molar-refractivity contribution in [1.29, 1.82) is 0 Å². The first-order valence-corrected chi connectivity index (χ1v) is 10.4. The van der Waals surface area contributed by atoms with Crippen molar-refractivity contribution in [3.8, 4) is 5.75 Å². The van der Waals surface area contributed by atoms with Gasteiger partial charge in [-0.2, -0.15) is 5.09 Å². The topological polar surface area (TPSA) is 162 Å². The van der Waals surface area contributed by atoms with Crippen LogP contribution in [0.2, 0.25) is 0 Å². The summed E-state index contributed by atoms with van der Waals surface area (Å²) in [5.41, 5.74) is -0.230. The van der Waals surface area contributed by atoms with Crippen molar-refractivity contribution in [2.45, 2.75) is 13.0 Å². The third kappa shape index (κ3) is 7.61. The number of sulfone groups is 1. The fourth-order valence-electron chi connectivity index (χ4n) is 1.46. The molecule has 0 heterocycles. The Balaban J connectivity index is 2.94. The molecule has 0 spiro atoms. The minimum Gasteiger partial charge on any atom is -0.480 e. The van der Waals surface area contributed by atoms with Crippen LogP contribution in [-0.4, -0.2) is 49.1 Å². The zero-order valence-electron chi connectivity index (χ0n) is 13.3. The summed E-state index contributed by atoms with van der Waals surface area (Å²) in [6.07, 6.45) is 0.950. The SMILES string of the molecule is CC(NP(=O)(OCCS(C)(=O)=O)Oc1ccc([N+](=O)[O-])cc1)C(=O)O. The van der Waals surface area contributed by atoms with Crippen LogP contribution in [0.4, 0.5) is 5.69 Å². The number of carbonyl (C=O) groups is 1. The van der Waals surface area contributed by atoms with Crippen LogP contribution in [0.25, 0.3) is 0 Å². The van der Waals surface area contributed by atoms with Crippen molar-refractivity contribution < 1.29 is 36.9 Å². The number of rotatable bonds is 10. The quantitative estimate of drug-likeness (QED) is 0.334. The molecule has 0 aliphatic heterocycles. The van der Waals surface area contributed by atoms with Gasteiger partial charge in [0, 0.05) is 18.4 Å². The molecule has 0 saturated heterocycles. The summed E-state index contributed by atoms with van der Waals surface area (Å²) in [7, 11) is -7.64. The molecule has 25 heavy (non-hydrogen) atoms. The number of nitrogens with zero attached hydrogens (tertiary/aromatic N) is 1. The lowest BCUT2D eigenvalue weighted by molar-refractivity contribution is -0.384. The second-order valence-electron chi connectivity index (χ2n) is 4.99. The highest BCUT2D eigenvalue weighted by molar-refractivity contribution is 7.90. The lowest BCUT2D eigenvalue weighted by atomic mass is 10.3. The van der Waals surface area contributed by atoms with Gasteiger partial charge in [0.05, 0.1) is 17.3 Å². The van der Waals surface area contributed by atoms with Crippen molar-refractivity contribution >= 4 is 29.2 Å². The largest absolute Gasteiger partial charge is 0.480 e. The van der Waals surface area contributed by atoms with Gasteiger partial charge in [-0.25, -0.2) is 13.0 Å². The first kappa shape index (κ1) is 21.0. The first-order valence-electron chi connectivity index (χ1n) is 6.79. The summed E-state index contributed by atoms with van der Waals surface area (Å²) in [5, 5.41) is 21.6. The molecular formula is C12H17N2O9PS. The third-order valence-electron chi connectivity index (χ3n) is 2.71. The van der Waals surface area contributed by atoms with E-state index in [0.717, 1.165) is 30.5 Å². The van der Waals surface area contributed by atoms with E-state index >= 15 is 0 Å². The molecule has 1 aromatic carbocycles. The molecule has 2 N–H and O–H groups in total. The van der Waals surface area contributed by atoms with E-state index in [1.165, 1.54) is 6.92 Å². The van der Waals surface area contributed by atoms with E-state index in [9.17, 15) is 27.9 Å². The van der Waals surface area contributed by atoms with E-state index in [-0.39, 0.29) is 11.4 Å². The molecule has 0 bridgehead atoms. The monoisotopic (exact) mass is 396 g/mol. The summed E-state index contributed by atoms with van der Waals surface area (Å²) in [6, 6.07) is 3.17. The van der Waals surface area contributed by atoms with E-state index in [4.69, 9.17) is 14.2 Å². The molecule has 0 aromatic heterocycles. The lowest BCUT2D eigenvalue weighted by Gasteiger charge is -2.21. The molecule has 2 unspecified atom stereocenters. The van der Waals surface area contributed by atoms with Crippen molar-refractivity contribution in [3.05, 3.63) is 34.4 Å². The molecule has 0 saturated carbocycles. The Hall–Kier alpha value is -2.01. The summed E-state index contributed by atoms with van der Waals surface area (Å²) in [5.74, 6) is -1.87. The second kappa shape index (κ2) is 8.39. The molecule has 13 heteroatoms. The molecule has 0 aliphatic rings. The van der Waals surface area contributed by atoms with Crippen LogP contribution in [0, 0.1) is 10.1 Å². The van der Waals surface area contributed by atoms with E-state index in [1.807, 2.05) is 0 Å². The van der Waals surface area contributed by atoms with Gasteiger partial charge in [-0.1, -0.05) is 0 Å². The smallest absolute Gasteiger partial charge is 0.459 e. The Morgan fingerprint density at radius 2 is 1.96 bits per heavy atom. The molecule has 0 amide bonds. The van der Waals surface area contributed by atoms with E-state index in [0.29, 0.717) is 0 Å². The van der Waals surface area contributed by atoms with Crippen LogP contribution in [0.15, 0.2) is 24.3 Å². The zero-order valence-corrected chi connectivity index (χ0v) is 15.0. The van der Waals surface area contributed by atoms with Gasteiger partial charge in [-0.15, -0.1) is 0 Å². The molecule has 140 valence electrons. The lowest BCUT2D eigenvalue weighted by Crippen LogP contribution is -2.33. The van der Waals surface area contributed by atoms with Gasteiger partial charge in [0.1, 0.15) is 21.6 Å². The van der Waals surface area contributed by atoms with E-state index in [1.54, 1.807) is 0 Å². The number of nitro groups is 1. The number of aliphatic carboxylic acids is 1. The Morgan fingerprint density at radius 1 is 1.40 bits per heavy atom. The number of nitrogens with one attached hydrogen (secondary N) is 1. The summed E-state index contributed by atoms with van der Waals surface area (Å²) in [4.78, 5) is 20.9. The van der Waals surface area contributed by atoms with Crippen LogP contribution in [0.5, 0.6) is 5.75 Å². The Bertz CT molecular complexity index is 778. The molecule has 0 fully saturated rings. The van der Waals surface area contributed by atoms with E-state index in [2.05, 4.69) is 5.09 Å². The number of nitro benzene ring substituents is 1. The fourth-order valence-corrected chi connectivity index (χ4v) is 3.46. The average Bonchev–Trinajstić information content (AvgIpc) is 2.45. The second-order valence-corrected chi connectivity index (χ2v) is 8.95. The molecule has 11 nitrogen and oxygen atoms in total. The van der Waals surface area contributed by atoms with Gasteiger partial charge in [0.2, 0.25) is 0 Å². The van der Waals surface area contributed by atoms with Gasteiger partial charge >= 0.3 is 13.7 Å². The predicted molar refractivity (Wildman–Crippen MR) is 87.2 cm³/mol. The summed E-state index contributed by atoms with van der Waals surface area (Å²) < 4.78 is 45.0. The van der Waals surface area contributed by atoms with Crippen LogP contribution in [-0.2, 0) is 23.7 Å². The summed E-state index contributed by atoms with van der Waals surface area (Å²) >= 11 is 0. The number of hydrogen-bond acceptors (Lipinski definition) is 8. The summed E-state index contributed by atoms with van der Waals surface area (Å²) in [6.45, 7) is 0.691. The van der Waals surface area contributed by atoms with Crippen LogP contribution >= 0.6 is 7.75 Å². The number of non-ortho nitro benzene ring substituents is 1. The van der Waals surface area contributed by atoms with Gasteiger partial charge in [-0.05, 0) is 19.1 Å². The average molecular weight is 396 g/mol. The van der Waals surface area contributed by atoms with Gasteiger partial charge in [0.25, 0.3) is 5.69 Å². The standard InChI is InChI=1S/C12H17N2O9PS/c1-9(12(15)16)13-24(19,22-7-8-25(2,20)21)23-11-5-3-10(4-6-11)14(17)18/h3-6,9H,7-8H2,1-2H3,(H,13,19)(H,15,16). The number of carboxylic acids is 1. The molecule has 0 radical (unpaired) electrons. The first-order chi connectivity index (χ1) is 11.4. The number of carboxylic acid groups (broad SMARTS) is 1. The molecule has 2 atom stereocenters. The molecular weight excluding hydrogens is 379 g/mol. The van der Waals surface area contributed by atoms with Crippen LogP contribution in [0.3, 0.4) is 0 Å². The predicted octanol–water partition coefficient (Wildman–Crippen LogP) is 1.21. The van der Waals surface area contributed by atoms with Crippen molar-refractivity contribution in [1.82, 2.24) is 5.09 Å². The van der Waals surface area contributed by atoms with Crippen molar-refractivity contribution in [2.75, 3.05) is 18.6 Å². The fraction of sp³-hybridized carbons (Fsp3) is 0.417. The van der Waals surface area contributed by atoms with Gasteiger partial charge < -0.3 is 9.63 Å². The van der Waals surface area contributed by atoms with Gasteiger partial charge in [-0.3, -0.25) is 19.4 Å². The minimum absolute atomic E-state index is 0.0848. The van der Waals surface area contributed by atoms with Gasteiger partial charge in [0.15, 0.2) is 0 Å². The maximum absolute atomic E-state index is 12.7. The highest BCUT2D eigenvalue weighted by atomic mass is 32.2. The normalized spacial score (nSPS) is 15.1. The molecule has 1 rings (SSSR count). The zero-order chi connectivity index (χ0) is 19.3. The Kier molecular flexibility index (Phi) is 7.06. The number of benzene rings is 1. The maximum Gasteiger partial charge on any atom is 0.459 e. The molecule has 1 aromatic rings.